The quantitative estimate of drug-likeness (QED) is 0.454. The summed E-state index contributed by atoms with van der Waals surface area (Å²) in [5.41, 5.74) is 3.21. The minimum Gasteiger partial charge on any atom is -0.493 e. The van der Waals surface area contributed by atoms with E-state index in [0.29, 0.717) is 24.6 Å². The first-order valence-electron chi connectivity index (χ1n) is 9.55. The number of ether oxygens (including phenoxy) is 2. The number of hydrogen-bond acceptors (Lipinski definition) is 4. The Balaban J connectivity index is 1.67. The molecule has 3 rings (SSSR count). The average molecular weight is 393 g/mol. The first-order valence-corrected chi connectivity index (χ1v) is 9.55. The highest BCUT2D eigenvalue weighted by Crippen LogP contribution is 2.27. The van der Waals surface area contributed by atoms with Gasteiger partial charge in [-0.2, -0.15) is 5.10 Å². The van der Waals surface area contributed by atoms with E-state index >= 15 is 0 Å². The lowest BCUT2D eigenvalue weighted by molar-refractivity contribution is 0.354. The van der Waals surface area contributed by atoms with E-state index in [1.165, 1.54) is 0 Å². The molecule has 7 nitrogen and oxygen atoms in total. The van der Waals surface area contributed by atoms with E-state index in [1.807, 2.05) is 54.2 Å². The Hall–Kier alpha value is -3.48. The molecule has 29 heavy (non-hydrogen) atoms. The second kappa shape index (κ2) is 10.2. The highest BCUT2D eigenvalue weighted by Gasteiger charge is 2.06. The van der Waals surface area contributed by atoms with Crippen molar-refractivity contribution in [1.29, 1.82) is 0 Å². The Morgan fingerprint density at radius 2 is 1.86 bits per heavy atom. The third kappa shape index (κ3) is 5.51. The molecule has 2 aromatic carbocycles. The highest BCUT2D eigenvalue weighted by atomic mass is 16.5. The van der Waals surface area contributed by atoms with Gasteiger partial charge in [-0.05, 0) is 48.4 Å². The van der Waals surface area contributed by atoms with Crippen LogP contribution in [0, 0.1) is 0 Å². The molecule has 0 bridgehead atoms. The lowest BCUT2D eigenvalue weighted by atomic mass is 10.2. The maximum absolute atomic E-state index is 5.37. The van der Waals surface area contributed by atoms with Gasteiger partial charge in [-0.1, -0.05) is 18.2 Å². The van der Waals surface area contributed by atoms with E-state index < -0.39 is 0 Å². The Kier molecular flexibility index (Phi) is 7.10. The Morgan fingerprint density at radius 3 is 2.59 bits per heavy atom. The van der Waals surface area contributed by atoms with Gasteiger partial charge in [-0.25, -0.2) is 9.67 Å². The molecule has 0 fully saturated rings. The van der Waals surface area contributed by atoms with Crippen molar-refractivity contribution < 1.29 is 9.47 Å². The van der Waals surface area contributed by atoms with E-state index in [4.69, 9.17) is 14.5 Å². The molecule has 1 heterocycles. The summed E-state index contributed by atoms with van der Waals surface area (Å²) in [7, 11) is 3.27. The Morgan fingerprint density at radius 1 is 1.00 bits per heavy atom. The fourth-order valence-electron chi connectivity index (χ4n) is 2.91. The molecule has 1 aromatic heterocycles. The first-order chi connectivity index (χ1) is 14.2. The molecule has 0 saturated carbocycles. The van der Waals surface area contributed by atoms with Crippen molar-refractivity contribution in [2.45, 2.75) is 20.0 Å². The SMILES string of the molecule is CCNC(=NCc1cccc(-n2cccn2)c1)NCc1ccc(OC)c(OC)c1. The summed E-state index contributed by atoms with van der Waals surface area (Å²) < 4.78 is 12.5. The second-order valence-electron chi connectivity index (χ2n) is 6.36. The number of benzene rings is 2. The zero-order valence-electron chi connectivity index (χ0n) is 17.1. The van der Waals surface area contributed by atoms with Gasteiger partial charge in [0.25, 0.3) is 0 Å². The molecule has 0 saturated heterocycles. The van der Waals surface area contributed by atoms with Crippen LogP contribution in [0.5, 0.6) is 11.5 Å². The number of nitrogens with zero attached hydrogens (tertiary/aromatic N) is 3. The molecule has 0 aliphatic carbocycles. The van der Waals surface area contributed by atoms with Crippen LogP contribution in [0.4, 0.5) is 0 Å². The van der Waals surface area contributed by atoms with Gasteiger partial charge in [0.2, 0.25) is 0 Å². The van der Waals surface area contributed by atoms with Crippen LogP contribution in [-0.2, 0) is 13.1 Å². The van der Waals surface area contributed by atoms with Crippen LogP contribution in [0.25, 0.3) is 5.69 Å². The zero-order chi connectivity index (χ0) is 20.5. The predicted molar refractivity (Wildman–Crippen MR) is 115 cm³/mol. The second-order valence-corrected chi connectivity index (χ2v) is 6.36. The minimum absolute atomic E-state index is 0.566. The standard InChI is InChI=1S/C22H27N5O2/c1-4-23-22(25-16-18-9-10-20(28-2)21(14-18)29-3)24-15-17-7-5-8-19(13-17)27-12-6-11-26-27/h5-14H,4,15-16H2,1-3H3,(H2,23,24,25). The zero-order valence-corrected chi connectivity index (χ0v) is 17.1. The van der Waals surface area contributed by atoms with E-state index in [1.54, 1.807) is 20.4 Å². The largest absolute Gasteiger partial charge is 0.493 e. The summed E-state index contributed by atoms with van der Waals surface area (Å²) in [4.78, 5) is 4.71. The molecule has 0 unspecified atom stereocenters. The van der Waals surface area contributed by atoms with Gasteiger partial charge in [-0.15, -0.1) is 0 Å². The fraction of sp³-hybridized carbons (Fsp3) is 0.273. The molecule has 0 aliphatic heterocycles. The Bertz CT molecular complexity index is 938. The maximum Gasteiger partial charge on any atom is 0.191 e. The summed E-state index contributed by atoms with van der Waals surface area (Å²) in [6, 6.07) is 16.0. The van der Waals surface area contributed by atoms with Crippen molar-refractivity contribution in [2.24, 2.45) is 4.99 Å². The van der Waals surface area contributed by atoms with Crippen molar-refractivity contribution in [3.05, 3.63) is 72.1 Å². The lowest BCUT2D eigenvalue weighted by Crippen LogP contribution is -2.36. The van der Waals surface area contributed by atoms with Gasteiger partial charge in [0.05, 0.1) is 26.5 Å². The smallest absolute Gasteiger partial charge is 0.191 e. The highest BCUT2D eigenvalue weighted by molar-refractivity contribution is 5.79. The number of guanidine groups is 1. The molecule has 7 heteroatoms. The number of nitrogens with one attached hydrogen (secondary N) is 2. The molecular formula is C22H27N5O2. The van der Waals surface area contributed by atoms with Gasteiger partial charge in [0.1, 0.15) is 0 Å². The van der Waals surface area contributed by atoms with E-state index in [-0.39, 0.29) is 0 Å². The normalized spacial score (nSPS) is 11.2. The summed E-state index contributed by atoms with van der Waals surface area (Å²) in [5, 5.41) is 10.9. The van der Waals surface area contributed by atoms with Crippen molar-refractivity contribution in [3.63, 3.8) is 0 Å². The topological polar surface area (TPSA) is 72.7 Å². The fourth-order valence-corrected chi connectivity index (χ4v) is 2.91. The summed E-state index contributed by atoms with van der Waals surface area (Å²) in [5.74, 6) is 2.19. The summed E-state index contributed by atoms with van der Waals surface area (Å²) in [6.45, 7) is 4.02. The van der Waals surface area contributed by atoms with Gasteiger partial charge in [-0.3, -0.25) is 0 Å². The van der Waals surface area contributed by atoms with Gasteiger partial charge >= 0.3 is 0 Å². The molecule has 2 N–H and O–H groups in total. The van der Waals surface area contributed by atoms with Crippen LogP contribution in [0.2, 0.25) is 0 Å². The van der Waals surface area contributed by atoms with Gasteiger partial charge in [0.15, 0.2) is 17.5 Å². The van der Waals surface area contributed by atoms with Crippen molar-refractivity contribution in [3.8, 4) is 17.2 Å². The van der Waals surface area contributed by atoms with Crippen LogP contribution in [0.3, 0.4) is 0 Å². The molecular weight excluding hydrogens is 366 g/mol. The average Bonchev–Trinajstić information content (AvgIpc) is 3.30. The molecule has 0 radical (unpaired) electrons. The first kappa shape index (κ1) is 20.3. The molecule has 0 amide bonds. The monoisotopic (exact) mass is 393 g/mol. The molecule has 0 aliphatic rings. The van der Waals surface area contributed by atoms with E-state index in [9.17, 15) is 0 Å². The van der Waals surface area contributed by atoms with Crippen LogP contribution in [0.15, 0.2) is 65.9 Å². The van der Waals surface area contributed by atoms with Crippen LogP contribution in [-0.4, -0.2) is 36.5 Å². The molecule has 152 valence electrons. The van der Waals surface area contributed by atoms with Gasteiger partial charge in [0, 0.05) is 25.5 Å². The lowest BCUT2D eigenvalue weighted by Gasteiger charge is -2.13. The summed E-state index contributed by atoms with van der Waals surface area (Å²) >= 11 is 0. The number of aliphatic imine (C=N–C) groups is 1. The summed E-state index contributed by atoms with van der Waals surface area (Å²) in [6.07, 6.45) is 3.70. The van der Waals surface area contributed by atoms with Crippen LogP contribution < -0.4 is 20.1 Å². The van der Waals surface area contributed by atoms with Gasteiger partial charge < -0.3 is 20.1 Å². The van der Waals surface area contributed by atoms with Crippen molar-refractivity contribution in [1.82, 2.24) is 20.4 Å². The van der Waals surface area contributed by atoms with Crippen molar-refractivity contribution in [2.75, 3.05) is 20.8 Å². The van der Waals surface area contributed by atoms with Crippen LogP contribution in [0.1, 0.15) is 18.1 Å². The number of methoxy groups -OCH3 is 2. The Labute approximate surface area is 171 Å². The molecule has 0 atom stereocenters. The number of rotatable bonds is 8. The van der Waals surface area contributed by atoms with E-state index in [0.717, 1.165) is 29.3 Å². The third-order valence-electron chi connectivity index (χ3n) is 4.35. The third-order valence-corrected chi connectivity index (χ3v) is 4.35. The molecule has 3 aromatic rings. The number of aromatic nitrogens is 2. The minimum atomic E-state index is 0.566. The van der Waals surface area contributed by atoms with E-state index in [2.05, 4.69) is 27.9 Å². The molecule has 0 spiro atoms. The predicted octanol–water partition coefficient (Wildman–Crippen LogP) is 3.14. The number of hydrogen-bond donors (Lipinski definition) is 2. The maximum atomic E-state index is 5.37. The van der Waals surface area contributed by atoms with Crippen molar-refractivity contribution >= 4 is 5.96 Å². The van der Waals surface area contributed by atoms with Crippen LogP contribution >= 0.6 is 0 Å².